The molecule has 0 heterocycles. The number of carbonyl (C=O) groups excluding carboxylic acids is 7. The molecule has 0 spiro atoms. The molecule has 0 aliphatic heterocycles. The van der Waals surface area contributed by atoms with Crippen LogP contribution in [-0.2, 0) is 62.1 Å². The molecule has 0 aromatic heterocycles. The Morgan fingerprint density at radius 2 is 1.26 bits per heavy atom. The first-order valence-corrected chi connectivity index (χ1v) is 29.6. The Morgan fingerprint density at radius 1 is 0.643 bits per heavy atom. The van der Waals surface area contributed by atoms with Crippen molar-refractivity contribution in [1.29, 1.82) is 0 Å². The van der Waals surface area contributed by atoms with Gasteiger partial charge in [0.25, 0.3) is 5.91 Å². The fourth-order valence-electron chi connectivity index (χ4n) is 13.4. The molecule has 472 valence electrons. The van der Waals surface area contributed by atoms with Crippen LogP contribution >= 0.6 is 0 Å². The summed E-state index contributed by atoms with van der Waals surface area (Å²) in [4.78, 5) is 115. The van der Waals surface area contributed by atoms with Crippen molar-refractivity contribution in [3.63, 3.8) is 0 Å². The Labute approximate surface area is 491 Å². The van der Waals surface area contributed by atoms with Gasteiger partial charge in [0.1, 0.15) is 25.3 Å². The van der Waals surface area contributed by atoms with E-state index in [0.29, 0.717) is 56.2 Å². The third-order valence-electron chi connectivity index (χ3n) is 17.9. The number of aliphatic hydroxyl groups is 2. The number of rotatable bonds is 38. The molecule has 0 radical (unpaired) electrons. The number of hydroxylamine groups is 1. The first-order valence-electron chi connectivity index (χ1n) is 29.6. The van der Waals surface area contributed by atoms with E-state index in [0.717, 1.165) is 19.3 Å². The number of amides is 7. The van der Waals surface area contributed by atoms with Gasteiger partial charge in [-0.3, -0.25) is 43.2 Å². The van der Waals surface area contributed by atoms with Gasteiger partial charge < -0.3 is 77.4 Å². The van der Waals surface area contributed by atoms with Gasteiger partial charge in [-0.1, -0.05) is 20.8 Å². The number of carbonyl (C=O) groups is 9. The van der Waals surface area contributed by atoms with Gasteiger partial charge in [-0.15, -0.1) is 0 Å². The molecule has 14 N–H and O–H groups in total. The fourth-order valence-corrected chi connectivity index (χ4v) is 13.4. The minimum atomic E-state index is -1.34. The molecule has 26 heteroatoms. The number of aliphatic carboxylic acids is 2. The number of nitrogen functional groups attached to an aromatic ring is 1. The highest BCUT2D eigenvalue weighted by Gasteiger charge is 2.66. The maximum atomic E-state index is 12.7. The van der Waals surface area contributed by atoms with Crippen LogP contribution in [-0.4, -0.2) is 177 Å². The molecule has 1 aromatic carbocycles. The van der Waals surface area contributed by atoms with Crippen LogP contribution in [0.4, 0.5) is 5.69 Å². The number of ether oxygens (including phenoxy) is 4. The van der Waals surface area contributed by atoms with Crippen LogP contribution in [0.5, 0.6) is 0 Å². The zero-order chi connectivity index (χ0) is 61.4. The number of carboxylic acids is 2. The minimum Gasteiger partial charge on any atom is -0.481 e. The van der Waals surface area contributed by atoms with Crippen molar-refractivity contribution in [2.24, 2.45) is 52.1 Å². The summed E-state index contributed by atoms with van der Waals surface area (Å²) in [6.07, 6.45) is 5.34. The van der Waals surface area contributed by atoms with E-state index in [4.69, 9.17) is 35.3 Å². The van der Waals surface area contributed by atoms with E-state index >= 15 is 0 Å². The Hall–Kier alpha value is -6.03. The summed E-state index contributed by atoms with van der Waals surface area (Å²) >= 11 is 0. The molecule has 84 heavy (non-hydrogen) atoms. The van der Waals surface area contributed by atoms with E-state index in [1.165, 1.54) is 12.1 Å². The standard InChI is InChI=1S/C58H92N8O18/c1-35(7-18-52(74)75)40-12-13-41-53-42(32-46(68)58(40,41)3)57(2)20-19-39(30-37(57)31-45(53)67)84-66-49(71)17-16-48(70)62-22-24-80-26-28-82-33-50(72)63-23-25-81-27-29-83-34-51(73)64-44(56(78)79)14-15-47(69)61-21-5-4-6-43(54(60)76)65-55(77)36-8-10-38(59)11-9-36/h8-11,35,37,39-46,53,67-68H,4-7,12-34,59H2,1-3H3,(H2,60,76)(H,61,69)(H,62,70)(H,63,72)(H,64,73)(H,65,77)(H,66,71)(H,74,75)(H,78,79)/t35-,37+,39?,40-,41?,42+,43?,44?,45-,46+,53+,57+,58-/m1/s1. The van der Waals surface area contributed by atoms with Gasteiger partial charge in [-0.2, -0.15) is 0 Å². The van der Waals surface area contributed by atoms with Crippen molar-refractivity contribution < 1.29 is 87.4 Å². The molecule has 5 rings (SSSR count). The van der Waals surface area contributed by atoms with Crippen molar-refractivity contribution in [3.8, 4) is 0 Å². The summed E-state index contributed by atoms with van der Waals surface area (Å²) in [6, 6.07) is 3.90. The van der Waals surface area contributed by atoms with Crippen molar-refractivity contribution >= 4 is 59.0 Å². The second-order valence-corrected chi connectivity index (χ2v) is 23.5. The number of hydrogen-bond acceptors (Lipinski definition) is 17. The molecule has 13 atom stereocenters. The van der Waals surface area contributed by atoms with Crippen LogP contribution < -0.4 is 43.5 Å². The molecule has 4 unspecified atom stereocenters. The van der Waals surface area contributed by atoms with E-state index in [-0.39, 0.29) is 169 Å². The van der Waals surface area contributed by atoms with Crippen LogP contribution in [0.3, 0.4) is 0 Å². The van der Waals surface area contributed by atoms with Crippen LogP contribution in [0.2, 0.25) is 0 Å². The maximum Gasteiger partial charge on any atom is 0.326 e. The smallest absolute Gasteiger partial charge is 0.326 e. The predicted molar refractivity (Wildman–Crippen MR) is 303 cm³/mol. The number of anilines is 1. The molecule has 0 bridgehead atoms. The number of benzene rings is 1. The highest BCUT2D eigenvalue weighted by molar-refractivity contribution is 5.97. The third kappa shape index (κ3) is 20.9. The van der Waals surface area contributed by atoms with E-state index in [2.05, 4.69) is 52.8 Å². The number of aliphatic hydroxyl groups excluding tert-OH is 2. The first-order chi connectivity index (χ1) is 40.0. The third-order valence-corrected chi connectivity index (χ3v) is 17.9. The zero-order valence-corrected chi connectivity index (χ0v) is 48.9. The molecule has 4 aliphatic rings. The van der Waals surface area contributed by atoms with E-state index in [9.17, 15) is 63.6 Å². The zero-order valence-electron chi connectivity index (χ0n) is 48.9. The number of nitrogens with two attached hydrogens (primary N) is 2. The molecule has 4 saturated carbocycles. The quantitative estimate of drug-likeness (QED) is 0.0250. The van der Waals surface area contributed by atoms with Gasteiger partial charge in [-0.05, 0) is 148 Å². The van der Waals surface area contributed by atoms with Crippen molar-refractivity contribution in [1.82, 2.24) is 32.1 Å². The second-order valence-electron chi connectivity index (χ2n) is 23.5. The summed E-state index contributed by atoms with van der Waals surface area (Å²) in [5.41, 5.74) is 13.9. The summed E-state index contributed by atoms with van der Waals surface area (Å²) < 4.78 is 21.4. The largest absolute Gasteiger partial charge is 0.481 e. The Bertz CT molecular complexity index is 2350. The van der Waals surface area contributed by atoms with Crippen LogP contribution in [0.1, 0.15) is 134 Å². The molecular formula is C58H92N8O18. The topological polar surface area (TPSA) is 405 Å². The number of fused-ring (bicyclic) bond motifs is 5. The lowest BCUT2D eigenvalue weighted by atomic mass is 9.43. The second kappa shape index (κ2) is 34.2. The normalized spacial score (nSPS) is 26.2. The fraction of sp³-hybridized carbons (Fsp3) is 0.741. The van der Waals surface area contributed by atoms with E-state index < -0.39 is 72.4 Å². The Morgan fingerprint density at radius 3 is 1.92 bits per heavy atom. The van der Waals surface area contributed by atoms with E-state index in [1.54, 1.807) is 12.1 Å². The van der Waals surface area contributed by atoms with Crippen molar-refractivity contribution in [2.75, 3.05) is 78.2 Å². The average Bonchev–Trinajstić information content (AvgIpc) is 1.47. The predicted octanol–water partition coefficient (Wildman–Crippen LogP) is 1.09. The molecular weight excluding hydrogens is 1100 g/mol. The Kier molecular flexibility index (Phi) is 28.0. The Balaban J connectivity index is 0.803. The highest BCUT2D eigenvalue weighted by Crippen LogP contribution is 2.68. The monoisotopic (exact) mass is 1190 g/mol. The van der Waals surface area contributed by atoms with Gasteiger partial charge in [0, 0.05) is 56.6 Å². The maximum absolute atomic E-state index is 12.7. The molecule has 26 nitrogen and oxygen atoms in total. The summed E-state index contributed by atoms with van der Waals surface area (Å²) in [6.45, 7) is 7.21. The highest BCUT2D eigenvalue weighted by atomic mass is 16.7. The number of nitrogens with one attached hydrogen (secondary N) is 6. The molecule has 4 aliphatic carbocycles. The van der Waals surface area contributed by atoms with Crippen molar-refractivity contribution in [2.45, 2.75) is 154 Å². The molecule has 4 fully saturated rings. The van der Waals surface area contributed by atoms with Gasteiger partial charge in [0.15, 0.2) is 0 Å². The molecule has 1 aromatic rings. The van der Waals surface area contributed by atoms with Crippen molar-refractivity contribution in [3.05, 3.63) is 29.8 Å². The number of primary amides is 1. The van der Waals surface area contributed by atoms with Crippen LogP contribution in [0.15, 0.2) is 24.3 Å². The lowest BCUT2D eigenvalue weighted by Gasteiger charge is -2.63. The summed E-state index contributed by atoms with van der Waals surface area (Å²) in [7, 11) is 0. The lowest BCUT2D eigenvalue weighted by Crippen LogP contribution is -2.62. The summed E-state index contributed by atoms with van der Waals surface area (Å²) in [5.74, 6) is -4.70. The summed E-state index contributed by atoms with van der Waals surface area (Å²) in [5, 5.41) is 55.3. The SMILES string of the molecule is C[C@H](CCC(=O)O)[C@H]1CCC2[C@@H]3[C@H](O)C[C@@H]4CC(ONC(=O)CCC(=O)NCCOCCOCC(=O)NCCOCCOCC(=O)NC(CCC(=O)NCCCCC(NC(=O)c5ccc(N)cc5)C(N)=O)C(=O)O)CC[C@]4(C)[C@H]3C[C@H](O)[C@@]21C. The molecule has 7 amide bonds. The number of carboxylic acid groups (broad SMARTS) is 2. The minimum absolute atomic E-state index is 0.00506. The molecule has 0 saturated heterocycles. The lowest BCUT2D eigenvalue weighted by molar-refractivity contribution is -0.212. The number of hydrogen-bond donors (Lipinski definition) is 12. The van der Waals surface area contributed by atoms with Crippen LogP contribution in [0, 0.1) is 46.3 Å². The first kappa shape index (κ1) is 68.7. The van der Waals surface area contributed by atoms with Gasteiger partial charge in [0.2, 0.25) is 35.4 Å². The van der Waals surface area contributed by atoms with Crippen LogP contribution in [0.25, 0.3) is 0 Å². The van der Waals surface area contributed by atoms with Gasteiger partial charge in [-0.25, -0.2) is 10.3 Å². The van der Waals surface area contributed by atoms with Gasteiger partial charge in [0.05, 0.1) is 58.0 Å². The number of unbranched alkanes of at least 4 members (excludes halogenated alkanes) is 1. The van der Waals surface area contributed by atoms with Gasteiger partial charge >= 0.3 is 11.9 Å². The van der Waals surface area contributed by atoms with E-state index in [1.807, 2.05) is 0 Å². The average molecular weight is 1190 g/mol.